The molecule has 0 aliphatic heterocycles. The molecule has 0 aliphatic rings. The lowest BCUT2D eigenvalue weighted by Crippen LogP contribution is -2.19. The molecular formula is C50H49Cl2F2N9O3. The van der Waals surface area contributed by atoms with Gasteiger partial charge in [-0.2, -0.15) is 0 Å². The Morgan fingerprint density at radius 1 is 0.561 bits per heavy atom. The van der Waals surface area contributed by atoms with E-state index in [-0.39, 0.29) is 24.3 Å². The molecule has 66 heavy (non-hydrogen) atoms. The van der Waals surface area contributed by atoms with Crippen LogP contribution in [0, 0.1) is 11.6 Å². The minimum absolute atomic E-state index is 0.170. The summed E-state index contributed by atoms with van der Waals surface area (Å²) in [6.45, 7) is 10.4. The molecule has 0 spiro atoms. The van der Waals surface area contributed by atoms with Crippen LogP contribution in [-0.2, 0) is 24.4 Å². The summed E-state index contributed by atoms with van der Waals surface area (Å²) in [5, 5.41) is 38.6. The van der Waals surface area contributed by atoms with Gasteiger partial charge in [-0.25, -0.2) is 28.7 Å². The van der Waals surface area contributed by atoms with Gasteiger partial charge in [0.2, 0.25) is 0 Å². The molecule has 8 rings (SSSR count). The number of hydrogen-bond donors (Lipinski definition) is 6. The molecule has 4 aromatic carbocycles. The van der Waals surface area contributed by atoms with Crippen molar-refractivity contribution in [1.82, 2.24) is 29.9 Å². The van der Waals surface area contributed by atoms with Gasteiger partial charge < -0.3 is 31.7 Å². The van der Waals surface area contributed by atoms with E-state index in [9.17, 15) is 24.1 Å². The van der Waals surface area contributed by atoms with Gasteiger partial charge in [-0.15, -0.1) is 0 Å². The highest BCUT2D eigenvalue weighted by Gasteiger charge is 2.22. The van der Waals surface area contributed by atoms with Crippen LogP contribution >= 0.6 is 23.2 Å². The maximum absolute atomic E-state index is 14.5. The lowest BCUT2D eigenvalue weighted by molar-refractivity contribution is 0.0682. The van der Waals surface area contributed by atoms with Crippen LogP contribution in [0.5, 0.6) is 0 Å². The number of nitrogens with zero attached hydrogens (tertiary/aromatic N) is 6. The molecule has 0 aliphatic carbocycles. The molecule has 0 amide bonds. The van der Waals surface area contributed by atoms with Gasteiger partial charge >= 0.3 is 0 Å². The monoisotopic (exact) mass is 931 g/mol. The maximum Gasteiger partial charge on any atom is 0.159 e. The number of benzene rings is 4. The lowest BCUT2D eigenvalue weighted by atomic mass is 10.0. The van der Waals surface area contributed by atoms with Crippen molar-refractivity contribution in [3.63, 3.8) is 0 Å². The average molecular weight is 933 g/mol. The topological polar surface area (TPSA) is 188 Å². The van der Waals surface area contributed by atoms with E-state index >= 15 is 0 Å². The van der Waals surface area contributed by atoms with E-state index in [1.807, 2.05) is 50.2 Å². The number of nitrogens with one attached hydrogen (secondary N) is 2. The zero-order chi connectivity index (χ0) is 47.5. The van der Waals surface area contributed by atoms with Crippen molar-refractivity contribution in [3.8, 4) is 22.3 Å². The predicted octanol–water partition coefficient (Wildman–Crippen LogP) is 10.7. The van der Waals surface area contributed by atoms with Crippen LogP contribution in [0.3, 0.4) is 0 Å². The van der Waals surface area contributed by atoms with Gasteiger partial charge in [0.05, 0.1) is 51.1 Å². The largest absolute Gasteiger partial charge is 0.392 e. The summed E-state index contributed by atoms with van der Waals surface area (Å²) in [6, 6.07) is 20.1. The van der Waals surface area contributed by atoms with Gasteiger partial charge in [0, 0.05) is 76.8 Å². The number of fused-ring (bicyclic) bond motifs is 2. The third-order valence-corrected chi connectivity index (χ3v) is 11.5. The summed E-state index contributed by atoms with van der Waals surface area (Å²) in [4.78, 5) is 26.0. The van der Waals surface area contributed by atoms with E-state index < -0.39 is 17.2 Å². The van der Waals surface area contributed by atoms with E-state index in [2.05, 4.69) is 40.5 Å². The normalized spacial score (nSPS) is 12.7. The van der Waals surface area contributed by atoms with Crippen molar-refractivity contribution in [2.75, 3.05) is 10.6 Å². The fourth-order valence-electron chi connectivity index (χ4n) is 7.24. The fourth-order valence-corrected chi connectivity index (χ4v) is 7.65. The number of aliphatic hydroxyl groups excluding tert-OH is 1. The van der Waals surface area contributed by atoms with Crippen molar-refractivity contribution in [2.24, 2.45) is 5.73 Å². The molecule has 8 aromatic rings. The number of hydrogen-bond acceptors (Lipinski definition) is 12. The second-order valence-corrected chi connectivity index (χ2v) is 17.8. The van der Waals surface area contributed by atoms with Gasteiger partial charge in [0.1, 0.15) is 22.8 Å². The van der Waals surface area contributed by atoms with Crippen molar-refractivity contribution < 1.29 is 24.1 Å². The van der Waals surface area contributed by atoms with Crippen LogP contribution in [0.25, 0.3) is 44.1 Å². The van der Waals surface area contributed by atoms with Gasteiger partial charge in [-0.1, -0.05) is 47.5 Å². The molecule has 0 fully saturated rings. The summed E-state index contributed by atoms with van der Waals surface area (Å²) < 4.78 is 29.0. The van der Waals surface area contributed by atoms with Crippen molar-refractivity contribution in [2.45, 2.75) is 78.0 Å². The van der Waals surface area contributed by atoms with Gasteiger partial charge in [-0.05, 0) is 112 Å². The number of pyridine rings is 2. The molecule has 340 valence electrons. The first-order valence-corrected chi connectivity index (χ1v) is 21.8. The molecule has 4 aromatic heterocycles. The van der Waals surface area contributed by atoms with Crippen LogP contribution in [0.2, 0.25) is 10.0 Å². The minimum Gasteiger partial charge on any atom is -0.392 e. The molecule has 0 saturated carbocycles. The highest BCUT2D eigenvalue weighted by molar-refractivity contribution is 6.35. The zero-order valence-corrected chi connectivity index (χ0v) is 38.6. The Labute approximate surface area is 391 Å². The summed E-state index contributed by atoms with van der Waals surface area (Å²) in [7, 11) is 0. The van der Waals surface area contributed by atoms with E-state index in [4.69, 9.17) is 28.9 Å². The van der Waals surface area contributed by atoms with Gasteiger partial charge in [-0.3, -0.25) is 9.97 Å². The van der Waals surface area contributed by atoms with Crippen LogP contribution in [-0.4, -0.2) is 45.2 Å². The second-order valence-electron chi connectivity index (χ2n) is 16.9. The Morgan fingerprint density at radius 2 is 0.955 bits per heavy atom. The van der Waals surface area contributed by atoms with E-state index in [1.54, 1.807) is 89.1 Å². The van der Waals surface area contributed by atoms with Gasteiger partial charge in [0.15, 0.2) is 11.6 Å². The third-order valence-electron chi connectivity index (χ3n) is 10.9. The Hall–Kier alpha value is -6.26. The van der Waals surface area contributed by atoms with E-state index in [0.29, 0.717) is 56.3 Å². The smallest absolute Gasteiger partial charge is 0.159 e. The van der Waals surface area contributed by atoms with Crippen LogP contribution in [0.15, 0.2) is 110 Å². The highest BCUT2D eigenvalue weighted by atomic mass is 35.5. The van der Waals surface area contributed by atoms with Crippen molar-refractivity contribution in [1.29, 1.82) is 0 Å². The van der Waals surface area contributed by atoms with Crippen molar-refractivity contribution in [3.05, 3.63) is 166 Å². The Kier molecular flexibility index (Phi) is 14.2. The Balaban J connectivity index is 0.000000196. The van der Waals surface area contributed by atoms with E-state index in [0.717, 1.165) is 49.6 Å². The lowest BCUT2D eigenvalue weighted by Gasteiger charge is -2.20. The third kappa shape index (κ3) is 10.7. The first-order valence-electron chi connectivity index (χ1n) is 21.0. The van der Waals surface area contributed by atoms with E-state index in [1.165, 1.54) is 12.1 Å². The Morgan fingerprint density at radius 3 is 1.33 bits per heavy atom. The summed E-state index contributed by atoms with van der Waals surface area (Å²) in [5.41, 5.74) is 11.9. The zero-order valence-electron chi connectivity index (χ0n) is 37.1. The van der Waals surface area contributed by atoms with Crippen LogP contribution in [0.1, 0.15) is 87.5 Å². The SMILES string of the molecule is C[C@@H](Nc1c(Cl)cnc2ccc(-c3cnc(C(C)(C)O)nc3)cc12)c1cc(CN)ccc1F.C[C@@H](Nc1c(Cl)cnc2ccc(-c3cnc(C(C)(C)O)nc3)cc12)c1cc(CO)ccc1F. The number of aliphatic hydroxyl groups is 3. The van der Waals surface area contributed by atoms with Gasteiger partial charge in [0.25, 0.3) is 0 Å². The molecular weight excluding hydrogens is 884 g/mol. The fraction of sp³-hybridized carbons (Fsp3) is 0.240. The molecule has 7 N–H and O–H groups in total. The maximum atomic E-state index is 14.5. The first-order chi connectivity index (χ1) is 31.3. The summed E-state index contributed by atoms with van der Waals surface area (Å²) in [6.07, 6.45) is 9.79. The number of nitrogens with two attached hydrogens (primary N) is 1. The highest BCUT2D eigenvalue weighted by Crippen LogP contribution is 2.37. The molecule has 0 bridgehead atoms. The molecule has 0 unspecified atom stereocenters. The molecule has 16 heteroatoms. The molecule has 12 nitrogen and oxygen atoms in total. The number of halogens is 4. The average Bonchev–Trinajstić information content (AvgIpc) is 3.30. The van der Waals surface area contributed by atoms with Crippen LogP contribution < -0.4 is 16.4 Å². The Bertz CT molecular complexity index is 2820. The minimum atomic E-state index is -1.13. The number of anilines is 2. The van der Waals surface area contributed by atoms with Crippen molar-refractivity contribution >= 4 is 56.4 Å². The predicted molar refractivity (Wildman–Crippen MR) is 257 cm³/mol. The molecule has 0 saturated heterocycles. The summed E-state index contributed by atoms with van der Waals surface area (Å²) >= 11 is 13.0. The second kappa shape index (κ2) is 19.7. The quantitative estimate of drug-likeness (QED) is 0.0681. The first kappa shape index (κ1) is 47.7. The molecule has 4 heterocycles. The molecule has 2 atom stereocenters. The van der Waals surface area contributed by atoms with Crippen LogP contribution in [0.4, 0.5) is 20.2 Å². The molecule has 0 radical (unpaired) electrons. The summed E-state index contributed by atoms with van der Waals surface area (Å²) in [5.74, 6) is -0.00688. The number of aromatic nitrogens is 6. The number of rotatable bonds is 12. The standard InChI is InChI=1S/C25H25ClFN5O.C25H24ClFN4O2/c1-14(18-8-15(10-28)4-6-21(18)27)32-23-19-9-16(5-7-22(19)29-13-20(23)26)17-11-30-24(31-12-17)25(2,3)33;1-14(18-8-15(13-32)4-6-21(18)27)31-23-19-9-16(5-7-22(19)28-12-20(23)26)17-10-29-24(30-11-17)25(2,3)33/h4-9,11-14,33H,10,28H2,1-3H3,(H,29,32);4-12,14,32-33H,13H2,1-3H3,(H,28,31)/t2*14-/m11/s1.